The Balaban J connectivity index is 3.90. The molecular weight excluding hydrogens is 236 g/mol. The third-order valence-electron chi connectivity index (χ3n) is 2.26. The molecule has 0 aliphatic carbocycles. The van der Waals surface area contributed by atoms with E-state index < -0.39 is 14.9 Å². The fourth-order valence-electron chi connectivity index (χ4n) is 1.48. The molecule has 100 valence electrons. The molecule has 0 heterocycles. The van der Waals surface area contributed by atoms with Gasteiger partial charge in [0.15, 0.2) is 0 Å². The van der Waals surface area contributed by atoms with Gasteiger partial charge in [-0.05, 0) is 33.7 Å². The zero-order valence-corrected chi connectivity index (χ0v) is 12.8. The molecular formula is C12H24O4Si. The van der Waals surface area contributed by atoms with Crippen LogP contribution in [-0.4, -0.2) is 40.7 Å². The summed E-state index contributed by atoms with van der Waals surface area (Å²) in [7, 11) is -0.612. The van der Waals surface area contributed by atoms with E-state index in [1.807, 2.05) is 20.8 Å². The van der Waals surface area contributed by atoms with Gasteiger partial charge in [0.05, 0.1) is 16.1 Å². The molecule has 0 rings (SSSR count). The Morgan fingerprint density at radius 1 is 1.29 bits per heavy atom. The van der Waals surface area contributed by atoms with Crippen LogP contribution in [-0.2, 0) is 19.0 Å². The fraction of sp³-hybridized carbons (Fsp3) is 0.750. The standard InChI is InChI=1S/C12H24O4Si/c1-6-15-12(5,16-7-2)17-9-8-14-11(13)10(3)4/h3,6-9,17H2,1-2,4-5H3. The molecule has 0 aromatic carbocycles. The van der Waals surface area contributed by atoms with Gasteiger partial charge < -0.3 is 14.2 Å². The Bertz CT molecular complexity index is 247. The number of hydrogen-bond acceptors (Lipinski definition) is 4. The topological polar surface area (TPSA) is 44.8 Å². The van der Waals surface area contributed by atoms with Crippen molar-refractivity contribution in [2.45, 2.75) is 39.1 Å². The lowest BCUT2D eigenvalue weighted by Crippen LogP contribution is -2.39. The van der Waals surface area contributed by atoms with Gasteiger partial charge in [0, 0.05) is 18.8 Å². The molecule has 0 spiro atoms. The average Bonchev–Trinajstić information content (AvgIpc) is 2.24. The molecule has 0 aliphatic rings. The predicted molar refractivity (Wildman–Crippen MR) is 70.8 cm³/mol. The van der Waals surface area contributed by atoms with E-state index in [-0.39, 0.29) is 5.97 Å². The van der Waals surface area contributed by atoms with Crippen LogP contribution in [0.4, 0.5) is 0 Å². The van der Waals surface area contributed by atoms with Gasteiger partial charge in [-0.2, -0.15) is 0 Å². The smallest absolute Gasteiger partial charge is 0.333 e. The van der Waals surface area contributed by atoms with Crippen LogP contribution in [0.25, 0.3) is 0 Å². The second kappa shape index (κ2) is 8.44. The summed E-state index contributed by atoms with van der Waals surface area (Å²) in [5.74, 6) is -0.325. The van der Waals surface area contributed by atoms with Gasteiger partial charge in [0.2, 0.25) is 0 Å². The molecule has 0 bridgehead atoms. The Hall–Kier alpha value is -0.653. The lowest BCUT2D eigenvalue weighted by atomic mass is 10.4. The van der Waals surface area contributed by atoms with Gasteiger partial charge in [0.25, 0.3) is 0 Å². The van der Waals surface area contributed by atoms with Crippen LogP contribution in [0.1, 0.15) is 27.7 Å². The van der Waals surface area contributed by atoms with E-state index >= 15 is 0 Å². The molecule has 0 aromatic heterocycles. The number of carbonyl (C=O) groups is 1. The lowest BCUT2D eigenvalue weighted by Gasteiger charge is -2.29. The highest BCUT2D eigenvalue weighted by Crippen LogP contribution is 2.12. The fourth-order valence-corrected chi connectivity index (χ4v) is 3.11. The summed E-state index contributed by atoms with van der Waals surface area (Å²) in [5.41, 5.74) is -0.0110. The molecule has 0 radical (unpaired) electrons. The summed E-state index contributed by atoms with van der Waals surface area (Å²) >= 11 is 0. The molecule has 4 nitrogen and oxygen atoms in total. The summed E-state index contributed by atoms with van der Waals surface area (Å²) in [6, 6.07) is 0.843. The summed E-state index contributed by atoms with van der Waals surface area (Å²) in [6.07, 6.45) is 0. The average molecular weight is 260 g/mol. The molecule has 0 aromatic rings. The van der Waals surface area contributed by atoms with Crippen LogP contribution in [0, 0.1) is 0 Å². The highest BCUT2D eigenvalue weighted by molar-refractivity contribution is 6.38. The molecule has 0 fully saturated rings. The van der Waals surface area contributed by atoms with Crippen molar-refractivity contribution in [3.05, 3.63) is 12.2 Å². The minimum Gasteiger partial charge on any atom is -0.463 e. The van der Waals surface area contributed by atoms with Crippen molar-refractivity contribution in [1.82, 2.24) is 0 Å². The Morgan fingerprint density at radius 3 is 2.24 bits per heavy atom. The molecule has 0 N–H and O–H groups in total. The molecule has 5 heteroatoms. The molecule has 0 saturated carbocycles. The second-order valence-electron chi connectivity index (χ2n) is 4.02. The number of rotatable bonds is 9. The van der Waals surface area contributed by atoms with Crippen molar-refractivity contribution < 1.29 is 19.0 Å². The van der Waals surface area contributed by atoms with E-state index in [1.165, 1.54) is 0 Å². The molecule has 0 amide bonds. The van der Waals surface area contributed by atoms with E-state index in [0.717, 1.165) is 6.04 Å². The first kappa shape index (κ1) is 16.3. The largest absolute Gasteiger partial charge is 0.463 e. The quantitative estimate of drug-likeness (QED) is 0.207. The Kier molecular flexibility index (Phi) is 8.12. The van der Waals surface area contributed by atoms with Crippen LogP contribution in [0.3, 0.4) is 0 Å². The van der Waals surface area contributed by atoms with Crippen LogP contribution in [0.2, 0.25) is 6.04 Å². The van der Waals surface area contributed by atoms with Gasteiger partial charge in [0.1, 0.15) is 5.41 Å². The summed E-state index contributed by atoms with van der Waals surface area (Å²) in [5, 5.41) is 0. The number of carbonyl (C=O) groups excluding carboxylic acids is 1. The van der Waals surface area contributed by atoms with E-state index in [2.05, 4.69) is 6.58 Å². The van der Waals surface area contributed by atoms with E-state index in [0.29, 0.717) is 25.4 Å². The molecule has 0 unspecified atom stereocenters. The summed E-state index contributed by atoms with van der Waals surface area (Å²) in [6.45, 7) is 12.7. The van der Waals surface area contributed by atoms with Gasteiger partial charge in [-0.15, -0.1) is 0 Å². The SMILES string of the molecule is C=C(C)C(=O)OCC[SiH2]C(C)(OCC)OCC. The number of hydrogen-bond donors (Lipinski definition) is 0. The van der Waals surface area contributed by atoms with Gasteiger partial charge in [-0.3, -0.25) is 0 Å². The molecule has 17 heavy (non-hydrogen) atoms. The first-order chi connectivity index (χ1) is 7.95. The maximum Gasteiger partial charge on any atom is 0.333 e. The van der Waals surface area contributed by atoms with Crippen LogP contribution < -0.4 is 0 Å². The second-order valence-corrected chi connectivity index (χ2v) is 6.51. The van der Waals surface area contributed by atoms with Crippen LogP contribution in [0.5, 0.6) is 0 Å². The van der Waals surface area contributed by atoms with E-state index in [1.54, 1.807) is 6.92 Å². The Labute approximate surface area is 106 Å². The van der Waals surface area contributed by atoms with Gasteiger partial charge in [-0.25, -0.2) is 4.79 Å². The molecule has 0 atom stereocenters. The summed E-state index contributed by atoms with van der Waals surface area (Å²) < 4.78 is 16.3. The molecule has 0 saturated heterocycles. The number of ether oxygens (including phenoxy) is 3. The van der Waals surface area contributed by atoms with Crippen molar-refractivity contribution in [3.8, 4) is 0 Å². The van der Waals surface area contributed by atoms with Crippen LogP contribution in [0.15, 0.2) is 12.2 Å². The van der Waals surface area contributed by atoms with Crippen molar-refractivity contribution in [1.29, 1.82) is 0 Å². The van der Waals surface area contributed by atoms with Crippen LogP contribution >= 0.6 is 0 Å². The van der Waals surface area contributed by atoms with Crippen molar-refractivity contribution in [3.63, 3.8) is 0 Å². The highest BCUT2D eigenvalue weighted by atomic mass is 28.2. The lowest BCUT2D eigenvalue weighted by molar-refractivity contribution is -0.163. The van der Waals surface area contributed by atoms with Crippen molar-refractivity contribution in [2.24, 2.45) is 0 Å². The van der Waals surface area contributed by atoms with Crippen molar-refractivity contribution in [2.75, 3.05) is 19.8 Å². The zero-order valence-electron chi connectivity index (χ0n) is 11.4. The number of esters is 1. The maximum absolute atomic E-state index is 11.1. The first-order valence-corrected chi connectivity index (χ1v) is 7.76. The maximum atomic E-state index is 11.1. The van der Waals surface area contributed by atoms with E-state index in [9.17, 15) is 4.79 Å². The van der Waals surface area contributed by atoms with Crippen molar-refractivity contribution >= 4 is 15.5 Å². The predicted octanol–water partition coefficient (Wildman–Crippen LogP) is 1.44. The monoisotopic (exact) mass is 260 g/mol. The normalized spacial score (nSPS) is 12.0. The highest BCUT2D eigenvalue weighted by Gasteiger charge is 2.24. The first-order valence-electron chi connectivity index (χ1n) is 6.05. The molecule has 0 aliphatic heterocycles. The zero-order chi connectivity index (χ0) is 13.3. The van der Waals surface area contributed by atoms with Gasteiger partial charge >= 0.3 is 5.97 Å². The Morgan fingerprint density at radius 2 is 1.82 bits per heavy atom. The summed E-state index contributed by atoms with van der Waals surface area (Å²) in [4.78, 5) is 11.1. The van der Waals surface area contributed by atoms with Gasteiger partial charge in [-0.1, -0.05) is 6.58 Å². The third kappa shape index (κ3) is 7.30. The third-order valence-corrected chi connectivity index (χ3v) is 4.21. The van der Waals surface area contributed by atoms with E-state index in [4.69, 9.17) is 14.2 Å². The minimum absolute atomic E-state index is 0.325. The minimum atomic E-state index is -0.612.